The minimum atomic E-state index is -0.410. The summed E-state index contributed by atoms with van der Waals surface area (Å²) in [5.74, 6) is 1.91. The lowest BCUT2D eigenvalue weighted by molar-refractivity contribution is -0.151. The number of ether oxygens (including phenoxy) is 2. The fourth-order valence-corrected chi connectivity index (χ4v) is 3.98. The van der Waals surface area contributed by atoms with Crippen molar-refractivity contribution in [3.05, 3.63) is 0 Å². The van der Waals surface area contributed by atoms with Gasteiger partial charge >= 0.3 is 5.97 Å². The topological polar surface area (TPSA) is 35.5 Å². The van der Waals surface area contributed by atoms with Crippen molar-refractivity contribution >= 4 is 29.5 Å². The van der Waals surface area contributed by atoms with Crippen molar-refractivity contribution in [2.75, 3.05) is 25.7 Å². The van der Waals surface area contributed by atoms with Crippen LogP contribution in [0.1, 0.15) is 0 Å². The number of methoxy groups -OCH3 is 2. The molecule has 12 heavy (non-hydrogen) atoms. The summed E-state index contributed by atoms with van der Waals surface area (Å²) >= 11 is 3.51. The summed E-state index contributed by atoms with van der Waals surface area (Å²) in [4.78, 5) is 11.2. The van der Waals surface area contributed by atoms with Gasteiger partial charge < -0.3 is 9.47 Å². The molecule has 1 fully saturated rings. The van der Waals surface area contributed by atoms with Gasteiger partial charge in [0, 0.05) is 18.6 Å². The van der Waals surface area contributed by atoms with Crippen LogP contribution in [-0.4, -0.2) is 42.4 Å². The molecule has 70 valence electrons. The van der Waals surface area contributed by atoms with Gasteiger partial charge in [-0.15, -0.1) is 23.5 Å². The highest BCUT2D eigenvalue weighted by Gasteiger charge is 2.32. The first-order valence-corrected chi connectivity index (χ1v) is 5.73. The molecular weight excluding hydrogens is 196 g/mol. The number of hydrogen-bond donors (Lipinski definition) is 0. The van der Waals surface area contributed by atoms with Crippen molar-refractivity contribution in [1.82, 2.24) is 0 Å². The maximum atomic E-state index is 11.2. The van der Waals surface area contributed by atoms with Gasteiger partial charge in [0.15, 0.2) is 6.10 Å². The third-order valence-electron chi connectivity index (χ3n) is 1.58. The minimum Gasteiger partial charge on any atom is -0.467 e. The smallest absolute Gasteiger partial charge is 0.337 e. The zero-order valence-electron chi connectivity index (χ0n) is 7.11. The number of esters is 1. The summed E-state index contributed by atoms with van der Waals surface area (Å²) in [6.07, 6.45) is -0.410. The lowest BCUT2D eigenvalue weighted by Crippen LogP contribution is -2.31. The predicted molar refractivity (Wildman–Crippen MR) is 51.5 cm³/mol. The van der Waals surface area contributed by atoms with Crippen LogP contribution < -0.4 is 0 Å². The molecule has 0 aromatic heterocycles. The van der Waals surface area contributed by atoms with E-state index in [1.54, 1.807) is 30.6 Å². The van der Waals surface area contributed by atoms with E-state index in [2.05, 4.69) is 4.74 Å². The first kappa shape index (κ1) is 10.2. The molecule has 1 saturated heterocycles. The standard InChI is InChI=1S/C7H12O3S2/c1-9-5(6(8)10-2)7-11-3-4-12-7/h5,7H,3-4H2,1-2H3. The molecule has 3 nitrogen and oxygen atoms in total. The Morgan fingerprint density at radius 2 is 2.00 bits per heavy atom. The molecular formula is C7H12O3S2. The van der Waals surface area contributed by atoms with Crippen molar-refractivity contribution in [2.24, 2.45) is 0 Å². The number of thioether (sulfide) groups is 2. The van der Waals surface area contributed by atoms with Gasteiger partial charge in [0.1, 0.15) is 0 Å². The molecule has 1 aliphatic rings. The van der Waals surface area contributed by atoms with E-state index in [1.165, 1.54) is 7.11 Å². The largest absolute Gasteiger partial charge is 0.467 e. The fourth-order valence-electron chi connectivity index (χ4n) is 0.986. The zero-order valence-corrected chi connectivity index (χ0v) is 8.74. The highest BCUT2D eigenvalue weighted by molar-refractivity contribution is 8.20. The molecule has 0 aliphatic carbocycles. The maximum Gasteiger partial charge on any atom is 0.337 e. The Morgan fingerprint density at radius 1 is 1.42 bits per heavy atom. The third kappa shape index (κ3) is 2.31. The van der Waals surface area contributed by atoms with Gasteiger partial charge in [-0.3, -0.25) is 0 Å². The summed E-state index contributed by atoms with van der Waals surface area (Å²) in [5.41, 5.74) is 0. The van der Waals surface area contributed by atoms with Crippen LogP contribution in [-0.2, 0) is 14.3 Å². The number of hydrogen-bond acceptors (Lipinski definition) is 5. The fraction of sp³-hybridized carbons (Fsp3) is 0.857. The third-order valence-corrected chi connectivity index (χ3v) is 4.69. The van der Waals surface area contributed by atoms with Crippen LogP contribution in [0, 0.1) is 0 Å². The van der Waals surface area contributed by atoms with Crippen LogP contribution in [0.4, 0.5) is 0 Å². The van der Waals surface area contributed by atoms with Crippen LogP contribution in [0.2, 0.25) is 0 Å². The second-order valence-corrected chi connectivity index (χ2v) is 5.09. The van der Waals surface area contributed by atoms with E-state index in [4.69, 9.17) is 4.74 Å². The molecule has 0 aromatic rings. The molecule has 0 spiro atoms. The predicted octanol–water partition coefficient (Wildman–Crippen LogP) is 0.980. The molecule has 0 aromatic carbocycles. The Kier molecular flexibility index (Phi) is 4.25. The van der Waals surface area contributed by atoms with E-state index in [-0.39, 0.29) is 10.6 Å². The van der Waals surface area contributed by atoms with Gasteiger partial charge in [-0.05, 0) is 0 Å². The van der Waals surface area contributed by atoms with E-state index >= 15 is 0 Å². The highest BCUT2D eigenvalue weighted by Crippen LogP contribution is 2.35. The van der Waals surface area contributed by atoms with Gasteiger partial charge in [0.2, 0.25) is 0 Å². The molecule has 1 rings (SSSR count). The average molecular weight is 208 g/mol. The minimum absolute atomic E-state index is 0.211. The molecule has 1 atom stereocenters. The quantitative estimate of drug-likeness (QED) is 0.646. The molecule has 0 radical (unpaired) electrons. The van der Waals surface area contributed by atoms with Crippen LogP contribution in [0.3, 0.4) is 0 Å². The number of carbonyl (C=O) groups excluding carboxylic acids is 1. The Balaban J connectivity index is 2.48. The SMILES string of the molecule is COC(=O)C(OC)C1SCCS1. The summed E-state index contributed by atoms with van der Waals surface area (Å²) < 4.78 is 9.91. The van der Waals surface area contributed by atoms with Gasteiger partial charge in [-0.2, -0.15) is 0 Å². The van der Waals surface area contributed by atoms with Gasteiger partial charge in [-0.1, -0.05) is 0 Å². The molecule has 0 bridgehead atoms. The summed E-state index contributed by atoms with van der Waals surface area (Å²) in [6.45, 7) is 0. The van der Waals surface area contributed by atoms with Gasteiger partial charge in [0.25, 0.3) is 0 Å². The molecule has 1 heterocycles. The van der Waals surface area contributed by atoms with Crippen LogP contribution >= 0.6 is 23.5 Å². The lowest BCUT2D eigenvalue weighted by Gasteiger charge is -2.17. The molecule has 1 unspecified atom stereocenters. The number of carbonyl (C=O) groups is 1. The summed E-state index contributed by atoms with van der Waals surface area (Å²) in [6, 6.07) is 0. The van der Waals surface area contributed by atoms with Crippen LogP contribution in [0.25, 0.3) is 0 Å². The van der Waals surface area contributed by atoms with Gasteiger partial charge in [0.05, 0.1) is 11.7 Å². The Hall–Kier alpha value is 0.130. The molecule has 0 N–H and O–H groups in total. The van der Waals surface area contributed by atoms with E-state index in [1.807, 2.05) is 0 Å². The first-order valence-electron chi connectivity index (χ1n) is 3.63. The van der Waals surface area contributed by atoms with Crippen molar-refractivity contribution in [1.29, 1.82) is 0 Å². The van der Waals surface area contributed by atoms with E-state index in [0.29, 0.717) is 0 Å². The molecule has 0 amide bonds. The molecule has 1 aliphatic heterocycles. The maximum absolute atomic E-state index is 11.2. The van der Waals surface area contributed by atoms with E-state index < -0.39 is 6.10 Å². The monoisotopic (exact) mass is 208 g/mol. The van der Waals surface area contributed by atoms with Gasteiger partial charge in [-0.25, -0.2) is 4.79 Å². The normalized spacial score (nSPS) is 20.8. The van der Waals surface area contributed by atoms with Crippen LogP contribution in [0.5, 0.6) is 0 Å². The van der Waals surface area contributed by atoms with E-state index in [0.717, 1.165) is 11.5 Å². The van der Waals surface area contributed by atoms with Crippen LogP contribution in [0.15, 0.2) is 0 Å². The van der Waals surface area contributed by atoms with Crippen molar-refractivity contribution in [3.63, 3.8) is 0 Å². The highest BCUT2D eigenvalue weighted by atomic mass is 32.2. The summed E-state index contributed by atoms with van der Waals surface area (Å²) in [5, 5.41) is 0. The Morgan fingerprint density at radius 3 is 2.42 bits per heavy atom. The molecule has 5 heteroatoms. The summed E-state index contributed by atoms with van der Waals surface area (Å²) in [7, 11) is 2.93. The Bertz CT molecular complexity index is 157. The zero-order chi connectivity index (χ0) is 8.97. The number of rotatable bonds is 3. The second kappa shape index (κ2) is 4.99. The van der Waals surface area contributed by atoms with Crippen molar-refractivity contribution < 1.29 is 14.3 Å². The Labute approximate surface area is 80.6 Å². The van der Waals surface area contributed by atoms with E-state index in [9.17, 15) is 4.79 Å². The lowest BCUT2D eigenvalue weighted by atomic mass is 10.4. The molecule has 0 saturated carbocycles. The first-order chi connectivity index (χ1) is 5.79. The average Bonchev–Trinajstić information content (AvgIpc) is 2.58. The van der Waals surface area contributed by atoms with Crippen molar-refractivity contribution in [2.45, 2.75) is 10.7 Å². The van der Waals surface area contributed by atoms with Crippen molar-refractivity contribution in [3.8, 4) is 0 Å². The second-order valence-electron chi connectivity index (χ2n) is 2.29.